The largest absolute Gasteiger partial charge is 0.343 e. The number of rotatable bonds is 3. The number of amidine groups is 1. The fraction of sp³-hybridized carbons (Fsp3) is 0.269. The smallest absolute Gasteiger partial charge is 0.118 e. The molecule has 1 saturated heterocycles. The van der Waals surface area contributed by atoms with Crippen LogP contribution in [0.4, 0.5) is 5.69 Å². The lowest BCUT2D eigenvalue weighted by Gasteiger charge is -2.63. The summed E-state index contributed by atoms with van der Waals surface area (Å²) in [7, 11) is 0. The number of aliphatic imine (C=N–C) groups is 1. The summed E-state index contributed by atoms with van der Waals surface area (Å²) in [6.45, 7) is 7.05. The molecule has 1 fully saturated rings. The summed E-state index contributed by atoms with van der Waals surface area (Å²) in [4.78, 5) is 7.77. The molecular weight excluding hydrogens is 340 g/mol. The molecule has 0 N–H and O–H groups in total. The third-order valence-corrected chi connectivity index (χ3v) is 6.46. The average Bonchev–Trinajstić information content (AvgIpc) is 2.73. The quantitative estimate of drug-likeness (QED) is 0.545. The van der Waals surface area contributed by atoms with Crippen LogP contribution in [0.2, 0.25) is 0 Å². The summed E-state index contributed by atoms with van der Waals surface area (Å²) in [6, 6.07) is 31.0. The molecule has 2 heteroatoms. The van der Waals surface area contributed by atoms with Crippen LogP contribution in [0.1, 0.15) is 43.5 Å². The average molecular weight is 367 g/mol. The van der Waals surface area contributed by atoms with E-state index in [9.17, 15) is 0 Å². The first kappa shape index (κ1) is 17.2. The normalized spacial score (nSPS) is 25.6. The summed E-state index contributed by atoms with van der Waals surface area (Å²) in [5, 5.41) is 0. The van der Waals surface area contributed by atoms with Crippen LogP contribution in [0.3, 0.4) is 0 Å². The Balaban J connectivity index is 1.73. The maximum absolute atomic E-state index is 5.19. The summed E-state index contributed by atoms with van der Waals surface area (Å²) in [6.07, 6.45) is 0. The van der Waals surface area contributed by atoms with Gasteiger partial charge < -0.3 is 4.90 Å². The van der Waals surface area contributed by atoms with E-state index in [4.69, 9.17) is 4.99 Å². The van der Waals surface area contributed by atoms with Crippen molar-refractivity contribution in [2.75, 3.05) is 0 Å². The van der Waals surface area contributed by atoms with Crippen LogP contribution in [0, 0.1) is 5.92 Å². The maximum Gasteiger partial charge on any atom is 0.118 e. The lowest BCUT2D eigenvalue weighted by molar-refractivity contribution is 0.0805. The predicted molar refractivity (Wildman–Crippen MR) is 116 cm³/mol. The SMILES string of the molecule is CC(C)[C@@H]1N2C(=Nc3ccccc3[C@@H]2c2ccccc2)[C@@]1(C)c1ccccc1. The van der Waals surface area contributed by atoms with Crippen LogP contribution in [0.15, 0.2) is 89.9 Å². The van der Waals surface area contributed by atoms with Crippen molar-refractivity contribution >= 4 is 11.5 Å². The highest BCUT2D eigenvalue weighted by Gasteiger charge is 2.60. The predicted octanol–water partition coefficient (Wildman–Crippen LogP) is 6.12. The molecule has 2 aliphatic rings. The minimum atomic E-state index is -0.0734. The summed E-state index contributed by atoms with van der Waals surface area (Å²) in [5.41, 5.74) is 5.03. The van der Waals surface area contributed by atoms with Crippen molar-refractivity contribution in [2.45, 2.75) is 38.3 Å². The standard InChI is InChI=1S/C26H26N2/c1-18(2)24-26(3,20-14-8-5-9-15-20)25-27-22-17-11-10-16-21(22)23(28(24)25)19-12-6-4-7-13-19/h4-18,23-24H,1-3H3/t23-,24-,26-/m0/s1. The van der Waals surface area contributed by atoms with E-state index < -0.39 is 0 Å². The number of hydrogen-bond acceptors (Lipinski definition) is 2. The van der Waals surface area contributed by atoms with E-state index in [-0.39, 0.29) is 11.5 Å². The Morgan fingerprint density at radius 2 is 1.43 bits per heavy atom. The zero-order valence-electron chi connectivity index (χ0n) is 16.7. The van der Waals surface area contributed by atoms with Crippen molar-refractivity contribution in [3.05, 3.63) is 102 Å². The van der Waals surface area contributed by atoms with Crippen molar-refractivity contribution in [1.82, 2.24) is 4.90 Å². The summed E-state index contributed by atoms with van der Waals surface area (Å²) >= 11 is 0. The second-order valence-electron chi connectivity index (χ2n) is 8.47. The maximum atomic E-state index is 5.19. The van der Waals surface area contributed by atoms with Gasteiger partial charge in [0, 0.05) is 11.6 Å². The van der Waals surface area contributed by atoms with Gasteiger partial charge in [0.15, 0.2) is 0 Å². The van der Waals surface area contributed by atoms with Crippen LogP contribution in [-0.4, -0.2) is 16.8 Å². The highest BCUT2D eigenvalue weighted by molar-refractivity contribution is 6.03. The van der Waals surface area contributed by atoms with Gasteiger partial charge in [0.05, 0.1) is 17.1 Å². The molecule has 0 unspecified atom stereocenters. The molecule has 3 atom stereocenters. The van der Waals surface area contributed by atoms with Crippen LogP contribution in [0.25, 0.3) is 0 Å². The molecule has 0 radical (unpaired) electrons. The summed E-state index contributed by atoms with van der Waals surface area (Å²) < 4.78 is 0. The van der Waals surface area contributed by atoms with Gasteiger partial charge in [-0.15, -0.1) is 0 Å². The van der Waals surface area contributed by atoms with E-state index in [1.165, 1.54) is 22.5 Å². The molecular formula is C26H26N2. The van der Waals surface area contributed by atoms with E-state index in [2.05, 4.69) is 111 Å². The first-order valence-electron chi connectivity index (χ1n) is 10.2. The van der Waals surface area contributed by atoms with Gasteiger partial charge in [-0.1, -0.05) is 92.7 Å². The van der Waals surface area contributed by atoms with Gasteiger partial charge in [0.1, 0.15) is 5.84 Å². The minimum Gasteiger partial charge on any atom is -0.343 e. The Kier molecular flexibility index (Phi) is 3.90. The number of nitrogens with zero attached hydrogens (tertiary/aromatic N) is 2. The van der Waals surface area contributed by atoms with Gasteiger partial charge >= 0.3 is 0 Å². The summed E-state index contributed by atoms with van der Waals surface area (Å²) in [5.74, 6) is 1.71. The molecule has 3 aromatic rings. The fourth-order valence-corrected chi connectivity index (χ4v) is 5.33. The van der Waals surface area contributed by atoms with Crippen molar-refractivity contribution in [3.8, 4) is 0 Å². The Bertz CT molecular complexity index is 1020. The fourth-order valence-electron chi connectivity index (χ4n) is 5.33. The van der Waals surface area contributed by atoms with Gasteiger partial charge in [-0.2, -0.15) is 0 Å². The lowest BCUT2D eigenvalue weighted by Crippen LogP contribution is -2.73. The third kappa shape index (κ3) is 2.30. The zero-order valence-corrected chi connectivity index (χ0v) is 16.7. The van der Waals surface area contributed by atoms with Gasteiger partial charge in [0.2, 0.25) is 0 Å². The van der Waals surface area contributed by atoms with E-state index in [1.807, 2.05) is 0 Å². The first-order chi connectivity index (χ1) is 13.6. The number of benzene rings is 3. The Hall–Kier alpha value is -2.87. The second kappa shape index (κ2) is 6.34. The third-order valence-electron chi connectivity index (χ3n) is 6.46. The Morgan fingerprint density at radius 3 is 2.11 bits per heavy atom. The minimum absolute atomic E-state index is 0.0734. The molecule has 2 nitrogen and oxygen atoms in total. The second-order valence-corrected chi connectivity index (χ2v) is 8.47. The number of para-hydroxylation sites is 1. The molecule has 0 spiro atoms. The highest BCUT2D eigenvalue weighted by atomic mass is 15.3. The molecule has 0 saturated carbocycles. The van der Waals surface area contributed by atoms with E-state index in [1.54, 1.807) is 0 Å². The highest BCUT2D eigenvalue weighted by Crippen LogP contribution is 2.55. The van der Waals surface area contributed by atoms with Gasteiger partial charge in [-0.25, -0.2) is 4.99 Å². The van der Waals surface area contributed by atoms with Crippen molar-refractivity contribution in [3.63, 3.8) is 0 Å². The number of hydrogen-bond donors (Lipinski definition) is 0. The molecule has 140 valence electrons. The monoisotopic (exact) mass is 366 g/mol. The molecule has 5 rings (SSSR count). The van der Waals surface area contributed by atoms with Gasteiger partial charge in [0.25, 0.3) is 0 Å². The molecule has 2 heterocycles. The molecule has 0 bridgehead atoms. The Morgan fingerprint density at radius 1 is 0.821 bits per heavy atom. The van der Waals surface area contributed by atoms with E-state index in [0.717, 1.165) is 5.69 Å². The molecule has 28 heavy (non-hydrogen) atoms. The number of fused-ring (bicyclic) bond motifs is 2. The van der Waals surface area contributed by atoms with E-state index >= 15 is 0 Å². The molecule has 0 aromatic heterocycles. The van der Waals surface area contributed by atoms with Gasteiger partial charge in [-0.05, 0) is 30.0 Å². The van der Waals surface area contributed by atoms with Crippen molar-refractivity contribution in [2.24, 2.45) is 10.9 Å². The van der Waals surface area contributed by atoms with Crippen LogP contribution in [-0.2, 0) is 5.41 Å². The van der Waals surface area contributed by atoms with Crippen molar-refractivity contribution in [1.29, 1.82) is 0 Å². The van der Waals surface area contributed by atoms with Crippen molar-refractivity contribution < 1.29 is 0 Å². The Labute approximate surface area is 167 Å². The zero-order chi connectivity index (χ0) is 19.3. The molecule has 3 aromatic carbocycles. The van der Waals surface area contributed by atoms with Gasteiger partial charge in [-0.3, -0.25) is 0 Å². The van der Waals surface area contributed by atoms with Crippen LogP contribution >= 0.6 is 0 Å². The lowest BCUT2D eigenvalue weighted by atomic mass is 9.61. The first-order valence-corrected chi connectivity index (χ1v) is 10.2. The topological polar surface area (TPSA) is 15.6 Å². The molecule has 0 amide bonds. The molecule has 0 aliphatic carbocycles. The van der Waals surface area contributed by atoms with Crippen LogP contribution in [0.5, 0.6) is 0 Å². The molecule has 2 aliphatic heterocycles. The van der Waals surface area contributed by atoms with E-state index in [0.29, 0.717) is 12.0 Å². The van der Waals surface area contributed by atoms with Crippen LogP contribution < -0.4 is 0 Å².